The van der Waals surface area contributed by atoms with Crippen molar-refractivity contribution in [1.82, 2.24) is 14.6 Å². The second-order valence-corrected chi connectivity index (χ2v) is 8.78. The minimum Gasteiger partial charge on any atom is -0.493 e. The molecule has 32 heavy (non-hydrogen) atoms. The standard InChI is InChI=1S/C24H32N4O4/c1-14(2)32-19-11-8-16(12-20(19)30-4)21-23(26-17-9-6-15(3)7-10-17)28-22(27-21)18(13-25-28)24(29)31-5/h8,11-15,17,25-26H,6-7,9-10H2,1-5H3. The highest BCUT2D eigenvalue weighted by molar-refractivity contribution is 5.97. The van der Waals surface area contributed by atoms with Crippen molar-refractivity contribution in [2.45, 2.75) is 58.6 Å². The largest absolute Gasteiger partial charge is 0.493 e. The van der Waals surface area contributed by atoms with Gasteiger partial charge < -0.3 is 19.5 Å². The van der Waals surface area contributed by atoms with Crippen molar-refractivity contribution in [1.29, 1.82) is 0 Å². The Balaban J connectivity index is 1.78. The number of aromatic amines is 1. The van der Waals surface area contributed by atoms with Crippen LogP contribution in [0.25, 0.3) is 16.9 Å². The molecule has 0 saturated heterocycles. The van der Waals surface area contributed by atoms with Crippen molar-refractivity contribution in [3.63, 3.8) is 0 Å². The number of carbonyl (C=O) groups excluding carboxylic acids is 1. The molecule has 1 saturated carbocycles. The van der Waals surface area contributed by atoms with E-state index in [0.29, 0.717) is 28.8 Å². The maximum atomic E-state index is 12.3. The number of nitrogens with zero attached hydrogens (tertiary/aromatic N) is 2. The Kier molecular flexibility index (Phi) is 6.30. The van der Waals surface area contributed by atoms with E-state index in [-0.39, 0.29) is 6.10 Å². The van der Waals surface area contributed by atoms with Gasteiger partial charge in [-0.25, -0.2) is 14.3 Å². The molecule has 0 spiro atoms. The lowest BCUT2D eigenvalue weighted by Crippen LogP contribution is -2.26. The van der Waals surface area contributed by atoms with Gasteiger partial charge in [0, 0.05) is 17.8 Å². The number of anilines is 1. The van der Waals surface area contributed by atoms with Gasteiger partial charge in [0.2, 0.25) is 0 Å². The summed E-state index contributed by atoms with van der Waals surface area (Å²) in [4.78, 5) is 17.1. The van der Waals surface area contributed by atoms with Gasteiger partial charge >= 0.3 is 5.97 Å². The Labute approximate surface area is 188 Å². The van der Waals surface area contributed by atoms with Gasteiger partial charge in [0.15, 0.2) is 23.0 Å². The SMILES string of the molecule is COC(=O)c1c[nH]n2c(NC3CCC(C)CC3)c(-c3ccc(OC(C)C)c(OC)c3)nc12. The van der Waals surface area contributed by atoms with E-state index < -0.39 is 5.97 Å². The van der Waals surface area contributed by atoms with Gasteiger partial charge in [-0.05, 0) is 63.6 Å². The predicted octanol–water partition coefficient (Wildman–Crippen LogP) is 4.90. The number of benzene rings is 1. The van der Waals surface area contributed by atoms with Crippen molar-refractivity contribution >= 4 is 17.4 Å². The van der Waals surface area contributed by atoms with Gasteiger partial charge in [0.1, 0.15) is 11.3 Å². The molecule has 2 heterocycles. The normalized spacial score (nSPS) is 18.7. The van der Waals surface area contributed by atoms with E-state index in [4.69, 9.17) is 19.2 Å². The van der Waals surface area contributed by atoms with Crippen molar-refractivity contribution in [3.8, 4) is 22.8 Å². The number of aromatic nitrogens is 3. The topological polar surface area (TPSA) is 89.9 Å². The third kappa shape index (κ3) is 4.26. The van der Waals surface area contributed by atoms with E-state index in [0.717, 1.165) is 35.8 Å². The molecule has 0 aliphatic heterocycles. The quantitative estimate of drug-likeness (QED) is 0.508. The number of imidazole rings is 1. The highest BCUT2D eigenvalue weighted by Crippen LogP contribution is 2.37. The molecule has 1 aliphatic rings. The van der Waals surface area contributed by atoms with Crippen LogP contribution in [0.15, 0.2) is 24.4 Å². The van der Waals surface area contributed by atoms with Crippen LogP contribution in [0.5, 0.6) is 11.5 Å². The molecule has 0 unspecified atom stereocenters. The third-order valence-corrected chi connectivity index (χ3v) is 6.02. The Hall–Kier alpha value is -3.16. The molecule has 172 valence electrons. The van der Waals surface area contributed by atoms with Crippen molar-refractivity contribution < 1.29 is 19.0 Å². The fourth-order valence-corrected chi connectivity index (χ4v) is 4.28. The number of hydrogen-bond donors (Lipinski definition) is 2. The molecule has 2 aromatic heterocycles. The average Bonchev–Trinajstić information content (AvgIpc) is 3.35. The Morgan fingerprint density at radius 1 is 1.19 bits per heavy atom. The Morgan fingerprint density at radius 2 is 1.94 bits per heavy atom. The van der Waals surface area contributed by atoms with Crippen molar-refractivity contribution in [3.05, 3.63) is 30.0 Å². The van der Waals surface area contributed by atoms with Crippen molar-refractivity contribution in [2.75, 3.05) is 19.5 Å². The van der Waals surface area contributed by atoms with Crippen LogP contribution in [0.1, 0.15) is 56.8 Å². The third-order valence-electron chi connectivity index (χ3n) is 6.02. The number of esters is 1. The molecule has 1 aliphatic carbocycles. The van der Waals surface area contributed by atoms with E-state index >= 15 is 0 Å². The summed E-state index contributed by atoms with van der Waals surface area (Å²) in [5.74, 6) is 2.48. The number of fused-ring (bicyclic) bond motifs is 1. The van der Waals surface area contributed by atoms with Crippen LogP contribution in [0.4, 0.5) is 5.82 Å². The zero-order valence-corrected chi connectivity index (χ0v) is 19.4. The highest BCUT2D eigenvalue weighted by Gasteiger charge is 2.26. The van der Waals surface area contributed by atoms with Crippen LogP contribution in [-0.4, -0.2) is 46.9 Å². The first-order valence-corrected chi connectivity index (χ1v) is 11.2. The van der Waals surface area contributed by atoms with Crippen LogP contribution in [0.3, 0.4) is 0 Å². The van der Waals surface area contributed by atoms with E-state index in [1.54, 1.807) is 13.3 Å². The van der Waals surface area contributed by atoms with Gasteiger partial charge in [0.25, 0.3) is 0 Å². The number of rotatable bonds is 7. The maximum Gasteiger partial charge on any atom is 0.343 e. The van der Waals surface area contributed by atoms with Crippen LogP contribution >= 0.6 is 0 Å². The molecule has 0 amide bonds. The smallest absolute Gasteiger partial charge is 0.343 e. The lowest BCUT2D eigenvalue weighted by atomic mass is 9.87. The predicted molar refractivity (Wildman–Crippen MR) is 124 cm³/mol. The summed E-state index contributed by atoms with van der Waals surface area (Å²) in [5, 5.41) is 6.85. The summed E-state index contributed by atoms with van der Waals surface area (Å²) in [6, 6.07) is 6.13. The number of methoxy groups -OCH3 is 2. The minimum absolute atomic E-state index is 0.0361. The van der Waals surface area contributed by atoms with Gasteiger partial charge in [-0.1, -0.05) is 6.92 Å². The summed E-state index contributed by atoms with van der Waals surface area (Å²) in [6.45, 7) is 6.26. The van der Waals surface area contributed by atoms with Crippen molar-refractivity contribution in [2.24, 2.45) is 5.92 Å². The first-order chi connectivity index (χ1) is 15.4. The molecule has 1 fully saturated rings. The number of hydrogen-bond acceptors (Lipinski definition) is 6. The van der Waals surface area contributed by atoms with E-state index in [9.17, 15) is 4.79 Å². The lowest BCUT2D eigenvalue weighted by Gasteiger charge is -2.27. The summed E-state index contributed by atoms with van der Waals surface area (Å²) in [6.07, 6.45) is 6.26. The molecule has 8 nitrogen and oxygen atoms in total. The van der Waals surface area contributed by atoms with E-state index in [1.807, 2.05) is 36.6 Å². The molecule has 1 aromatic carbocycles. The zero-order valence-electron chi connectivity index (χ0n) is 19.4. The molecule has 3 aromatic rings. The Morgan fingerprint density at radius 3 is 2.59 bits per heavy atom. The molecular formula is C24H32N4O4. The molecular weight excluding hydrogens is 408 g/mol. The molecule has 4 rings (SSSR count). The molecule has 2 N–H and O–H groups in total. The summed E-state index contributed by atoms with van der Waals surface area (Å²) >= 11 is 0. The first kappa shape index (κ1) is 22.0. The van der Waals surface area contributed by atoms with Crippen LogP contribution in [0, 0.1) is 5.92 Å². The van der Waals surface area contributed by atoms with Gasteiger partial charge in [-0.3, -0.25) is 5.10 Å². The average molecular weight is 441 g/mol. The van der Waals surface area contributed by atoms with Crippen LogP contribution in [0.2, 0.25) is 0 Å². The van der Waals surface area contributed by atoms with Crippen LogP contribution in [-0.2, 0) is 4.74 Å². The fraction of sp³-hybridized carbons (Fsp3) is 0.500. The monoisotopic (exact) mass is 440 g/mol. The first-order valence-electron chi connectivity index (χ1n) is 11.2. The zero-order chi connectivity index (χ0) is 22.8. The minimum atomic E-state index is -0.427. The summed E-state index contributed by atoms with van der Waals surface area (Å²) in [7, 11) is 3.00. The molecule has 0 atom stereocenters. The second kappa shape index (κ2) is 9.14. The number of carbonyl (C=O) groups is 1. The molecule has 0 radical (unpaired) electrons. The maximum absolute atomic E-state index is 12.3. The molecule has 8 heteroatoms. The van der Waals surface area contributed by atoms with Gasteiger partial charge in [-0.15, -0.1) is 0 Å². The number of nitrogens with one attached hydrogen (secondary N) is 2. The number of H-pyrrole nitrogens is 1. The summed E-state index contributed by atoms with van der Waals surface area (Å²) < 4.78 is 18.2. The molecule has 0 bridgehead atoms. The highest BCUT2D eigenvalue weighted by atomic mass is 16.5. The second-order valence-electron chi connectivity index (χ2n) is 8.78. The van der Waals surface area contributed by atoms with Gasteiger partial charge in [-0.2, -0.15) is 0 Å². The van der Waals surface area contributed by atoms with Crippen LogP contribution < -0.4 is 14.8 Å². The summed E-state index contributed by atoms with van der Waals surface area (Å²) in [5.41, 5.74) is 2.54. The number of ether oxygens (including phenoxy) is 3. The Bertz CT molecular complexity index is 1090. The lowest BCUT2D eigenvalue weighted by molar-refractivity contribution is 0.0602. The fourth-order valence-electron chi connectivity index (χ4n) is 4.28. The van der Waals surface area contributed by atoms with E-state index in [1.165, 1.54) is 20.0 Å². The van der Waals surface area contributed by atoms with Gasteiger partial charge in [0.05, 0.1) is 20.3 Å². The van der Waals surface area contributed by atoms with E-state index in [2.05, 4.69) is 17.3 Å².